The van der Waals surface area contributed by atoms with Gasteiger partial charge in [-0.2, -0.15) is 0 Å². The average molecular weight is 564 g/mol. The minimum atomic E-state index is -0.933. The van der Waals surface area contributed by atoms with Crippen molar-refractivity contribution < 1.29 is 28.2 Å². The molecule has 2 aliphatic rings. The lowest BCUT2D eigenvalue weighted by Gasteiger charge is -2.28. The van der Waals surface area contributed by atoms with Gasteiger partial charge < -0.3 is 25.0 Å². The zero-order valence-electron chi connectivity index (χ0n) is 21.5. The van der Waals surface area contributed by atoms with E-state index in [1.165, 1.54) is 28.8 Å². The van der Waals surface area contributed by atoms with Crippen LogP contribution in [0.3, 0.4) is 0 Å². The van der Waals surface area contributed by atoms with Crippen LogP contribution in [0.2, 0.25) is 5.02 Å². The number of anilines is 1. The second-order valence-corrected chi connectivity index (χ2v) is 11.7. The predicted molar refractivity (Wildman–Crippen MR) is 144 cm³/mol. The highest BCUT2D eigenvalue weighted by Gasteiger charge is 2.34. The summed E-state index contributed by atoms with van der Waals surface area (Å²) in [6, 6.07) is 8.63. The van der Waals surface area contributed by atoms with Gasteiger partial charge in [0.25, 0.3) is 11.8 Å². The lowest BCUT2D eigenvalue weighted by atomic mass is 10.1. The number of benzene rings is 2. The molecule has 0 saturated carbocycles. The number of carbonyl (C=O) groups is 3. The number of hydrogen-bond acceptors (Lipinski definition) is 6. The zero-order chi connectivity index (χ0) is 27.4. The highest BCUT2D eigenvalue weighted by molar-refractivity contribution is 7.99. The minimum Gasteiger partial charge on any atom is -0.444 e. The Bertz CT molecular complexity index is 1200. The van der Waals surface area contributed by atoms with Gasteiger partial charge in [-0.25, -0.2) is 9.18 Å². The van der Waals surface area contributed by atoms with Gasteiger partial charge in [0.1, 0.15) is 17.5 Å². The zero-order valence-corrected chi connectivity index (χ0v) is 23.1. The topological polar surface area (TPSA) is 97.0 Å². The summed E-state index contributed by atoms with van der Waals surface area (Å²) in [5.41, 5.74) is 0.270. The van der Waals surface area contributed by atoms with Crippen molar-refractivity contribution in [3.8, 4) is 0 Å². The largest absolute Gasteiger partial charge is 0.444 e. The Kier molecular flexibility index (Phi) is 8.85. The first-order valence-corrected chi connectivity index (χ1v) is 13.8. The first-order chi connectivity index (χ1) is 18.0. The lowest BCUT2D eigenvalue weighted by molar-refractivity contribution is -0.120. The van der Waals surface area contributed by atoms with Gasteiger partial charge in [-0.1, -0.05) is 23.7 Å². The molecule has 0 aliphatic carbocycles. The third-order valence-electron chi connectivity index (χ3n) is 6.06. The number of hydrogen-bond donors (Lipinski definition) is 2. The van der Waals surface area contributed by atoms with Gasteiger partial charge >= 0.3 is 6.09 Å². The monoisotopic (exact) mass is 563 g/mol. The molecule has 0 bridgehead atoms. The van der Waals surface area contributed by atoms with Crippen molar-refractivity contribution in [2.45, 2.75) is 62.7 Å². The molecule has 1 fully saturated rings. The number of halogens is 2. The maximum atomic E-state index is 15.2. The number of carbonyl (C=O) groups excluding carboxylic acids is 3. The highest BCUT2D eigenvalue weighted by atomic mass is 35.5. The van der Waals surface area contributed by atoms with E-state index < -0.39 is 35.4 Å². The molecule has 2 heterocycles. The molecule has 2 aromatic carbocycles. The van der Waals surface area contributed by atoms with Gasteiger partial charge in [0.15, 0.2) is 0 Å². The molecular weight excluding hydrogens is 533 g/mol. The van der Waals surface area contributed by atoms with Gasteiger partial charge in [0.2, 0.25) is 0 Å². The molecule has 3 amide bonds. The van der Waals surface area contributed by atoms with E-state index in [9.17, 15) is 14.4 Å². The quantitative estimate of drug-likeness (QED) is 0.536. The van der Waals surface area contributed by atoms with E-state index in [1.54, 1.807) is 45.0 Å². The predicted octanol–water partition coefficient (Wildman–Crippen LogP) is 4.92. The van der Waals surface area contributed by atoms with Crippen LogP contribution in [0.15, 0.2) is 41.3 Å². The second-order valence-electron chi connectivity index (χ2n) is 10.2. The van der Waals surface area contributed by atoms with Crippen molar-refractivity contribution in [1.29, 1.82) is 0 Å². The number of amides is 3. The first-order valence-electron chi connectivity index (χ1n) is 12.4. The van der Waals surface area contributed by atoms with Crippen LogP contribution in [0, 0.1) is 5.82 Å². The average Bonchev–Trinajstić information content (AvgIpc) is 2.96. The Morgan fingerprint density at radius 1 is 1.16 bits per heavy atom. The SMILES string of the molecule is CC(C)(C)OC(=O)N[C@H]1CSc2cc(F)c(C(=O)NC3CCOCC3)cc2N(Cc2ccc(Cl)cc2)C1=O. The smallest absolute Gasteiger partial charge is 0.408 e. The maximum absolute atomic E-state index is 15.2. The van der Waals surface area contributed by atoms with Crippen molar-refractivity contribution in [3.05, 3.63) is 58.4 Å². The number of thioether (sulfide) groups is 1. The third-order valence-corrected chi connectivity index (χ3v) is 7.45. The van der Waals surface area contributed by atoms with E-state index in [2.05, 4.69) is 10.6 Å². The standard InChI is InChI=1S/C27H31ClFN3O5S/c1-27(2,3)37-26(35)31-21-15-38-23-13-20(29)19(24(33)30-18-8-10-36-11-9-18)12-22(23)32(25(21)34)14-16-4-6-17(28)7-5-16/h4-7,12-13,18,21H,8-11,14-15H2,1-3H3,(H,30,33)(H,31,35)/t21-/m0/s1. The summed E-state index contributed by atoms with van der Waals surface area (Å²) in [7, 11) is 0. The highest BCUT2D eigenvalue weighted by Crippen LogP contribution is 2.37. The second kappa shape index (κ2) is 11.9. The molecule has 8 nitrogen and oxygen atoms in total. The summed E-state index contributed by atoms with van der Waals surface area (Å²) in [6.07, 6.45) is 0.567. The van der Waals surface area contributed by atoms with Crippen molar-refractivity contribution in [1.82, 2.24) is 10.6 Å². The van der Waals surface area contributed by atoms with E-state index in [-0.39, 0.29) is 23.9 Å². The fraction of sp³-hybridized carbons (Fsp3) is 0.444. The molecule has 38 heavy (non-hydrogen) atoms. The first kappa shape index (κ1) is 28.2. The fourth-order valence-corrected chi connectivity index (χ4v) is 5.39. The molecule has 0 aromatic heterocycles. The number of alkyl carbamates (subject to hydrolysis) is 1. The summed E-state index contributed by atoms with van der Waals surface area (Å²) >= 11 is 7.26. The van der Waals surface area contributed by atoms with Crippen LogP contribution in [-0.2, 0) is 20.8 Å². The van der Waals surface area contributed by atoms with Crippen LogP contribution in [0.5, 0.6) is 0 Å². The molecule has 1 saturated heterocycles. The number of rotatable bonds is 5. The van der Waals surface area contributed by atoms with Crippen molar-refractivity contribution in [3.63, 3.8) is 0 Å². The van der Waals surface area contributed by atoms with Gasteiger partial charge in [0.05, 0.1) is 17.8 Å². The normalized spacial score (nSPS) is 18.4. The van der Waals surface area contributed by atoms with Crippen LogP contribution >= 0.6 is 23.4 Å². The number of nitrogens with zero attached hydrogens (tertiary/aromatic N) is 1. The molecule has 2 aromatic rings. The van der Waals surface area contributed by atoms with Crippen molar-refractivity contribution in [2.75, 3.05) is 23.9 Å². The molecule has 2 N–H and O–H groups in total. The van der Waals surface area contributed by atoms with Crippen LogP contribution in [0.4, 0.5) is 14.9 Å². The molecule has 0 spiro atoms. The molecule has 0 radical (unpaired) electrons. The summed E-state index contributed by atoms with van der Waals surface area (Å²) in [4.78, 5) is 41.3. The fourth-order valence-electron chi connectivity index (χ4n) is 4.19. The summed E-state index contributed by atoms with van der Waals surface area (Å²) in [5, 5.41) is 6.08. The van der Waals surface area contributed by atoms with E-state index in [1.807, 2.05) is 0 Å². The Balaban J connectivity index is 1.66. The van der Waals surface area contributed by atoms with Crippen LogP contribution in [0.1, 0.15) is 49.5 Å². The van der Waals surface area contributed by atoms with Gasteiger partial charge in [-0.3, -0.25) is 9.59 Å². The Labute approximate surface area is 230 Å². The number of fused-ring (bicyclic) bond motifs is 1. The molecule has 1 atom stereocenters. The Hall–Kier alpha value is -2.82. The lowest BCUT2D eigenvalue weighted by Crippen LogP contribution is -2.50. The molecule has 11 heteroatoms. The van der Waals surface area contributed by atoms with E-state index in [0.29, 0.717) is 41.7 Å². The molecular formula is C27H31ClFN3O5S. The summed E-state index contributed by atoms with van der Waals surface area (Å²) < 4.78 is 25.9. The Morgan fingerprint density at radius 2 is 1.84 bits per heavy atom. The van der Waals surface area contributed by atoms with Crippen LogP contribution in [-0.4, -0.2) is 54.6 Å². The van der Waals surface area contributed by atoms with E-state index in [4.69, 9.17) is 21.1 Å². The Morgan fingerprint density at radius 3 is 2.50 bits per heavy atom. The van der Waals surface area contributed by atoms with Gasteiger partial charge in [-0.05, 0) is 63.4 Å². The molecule has 0 unspecified atom stereocenters. The van der Waals surface area contributed by atoms with E-state index >= 15 is 4.39 Å². The third kappa shape index (κ3) is 7.18. The molecule has 2 aliphatic heterocycles. The summed E-state index contributed by atoms with van der Waals surface area (Å²) in [6.45, 7) is 6.38. The minimum absolute atomic E-state index is 0.113. The summed E-state index contributed by atoms with van der Waals surface area (Å²) in [5.74, 6) is -1.47. The van der Waals surface area contributed by atoms with E-state index in [0.717, 1.165) is 5.56 Å². The van der Waals surface area contributed by atoms with Crippen LogP contribution in [0.25, 0.3) is 0 Å². The number of ether oxygens (including phenoxy) is 2. The van der Waals surface area contributed by atoms with Crippen molar-refractivity contribution in [2.24, 2.45) is 0 Å². The van der Waals surface area contributed by atoms with Gasteiger partial charge in [0, 0.05) is 34.9 Å². The molecule has 4 rings (SSSR count). The van der Waals surface area contributed by atoms with Crippen molar-refractivity contribution >= 4 is 47.0 Å². The molecule has 204 valence electrons. The van der Waals surface area contributed by atoms with Gasteiger partial charge in [-0.15, -0.1) is 11.8 Å². The van der Waals surface area contributed by atoms with Crippen LogP contribution < -0.4 is 15.5 Å². The number of nitrogens with one attached hydrogen (secondary N) is 2. The maximum Gasteiger partial charge on any atom is 0.408 e.